The topological polar surface area (TPSA) is 91.8 Å². The molecule has 0 saturated carbocycles. The summed E-state index contributed by atoms with van der Waals surface area (Å²) in [6.07, 6.45) is 1.53. The number of aromatic nitrogens is 1. The van der Waals surface area contributed by atoms with E-state index < -0.39 is 18.0 Å². The molecule has 7 heteroatoms. The van der Waals surface area contributed by atoms with Gasteiger partial charge in [0.1, 0.15) is 17.4 Å². The van der Waals surface area contributed by atoms with E-state index >= 15 is 0 Å². The molecule has 0 aromatic carbocycles. The summed E-state index contributed by atoms with van der Waals surface area (Å²) in [5, 5.41) is 12.2. The van der Waals surface area contributed by atoms with Gasteiger partial charge in [0.2, 0.25) is 0 Å². The molecule has 19 heavy (non-hydrogen) atoms. The molecule has 0 spiro atoms. The number of carbonyl (C=O) groups is 2. The quantitative estimate of drug-likeness (QED) is 0.727. The van der Waals surface area contributed by atoms with Crippen LogP contribution in [0.1, 0.15) is 10.4 Å². The number of nitrogens with one attached hydrogen (secondary N) is 1. The summed E-state index contributed by atoms with van der Waals surface area (Å²) in [6.45, 7) is 1.42. The molecule has 102 valence electrons. The van der Waals surface area contributed by atoms with Crippen LogP contribution in [0.4, 0.5) is 5.82 Å². The largest absolute Gasteiger partial charge is 0.480 e. The van der Waals surface area contributed by atoms with E-state index in [1.807, 2.05) is 0 Å². The minimum absolute atomic E-state index is 0.276. The molecule has 0 bridgehead atoms. The zero-order valence-corrected chi connectivity index (χ0v) is 10.5. The second kappa shape index (κ2) is 5.66. The molecule has 1 aliphatic heterocycles. The number of hydrogen-bond acceptors (Lipinski definition) is 6. The van der Waals surface area contributed by atoms with E-state index in [0.29, 0.717) is 25.5 Å². The molecule has 1 aromatic rings. The summed E-state index contributed by atoms with van der Waals surface area (Å²) >= 11 is 0. The Bertz CT molecular complexity index is 492. The Morgan fingerprint density at radius 3 is 3.05 bits per heavy atom. The lowest BCUT2D eigenvalue weighted by Gasteiger charge is -2.35. The Kier molecular flexibility index (Phi) is 3.96. The first-order valence-corrected chi connectivity index (χ1v) is 5.88. The van der Waals surface area contributed by atoms with E-state index in [-0.39, 0.29) is 5.56 Å². The second-order valence-corrected chi connectivity index (χ2v) is 4.12. The summed E-state index contributed by atoms with van der Waals surface area (Å²) in [5.74, 6) is -1.12. The van der Waals surface area contributed by atoms with Crippen molar-refractivity contribution >= 4 is 17.8 Å². The predicted octanol–water partition coefficient (Wildman–Crippen LogP) is -0.269. The van der Waals surface area contributed by atoms with Crippen LogP contribution in [-0.4, -0.2) is 54.8 Å². The molecule has 1 unspecified atom stereocenters. The van der Waals surface area contributed by atoms with Gasteiger partial charge in [-0.1, -0.05) is 0 Å². The van der Waals surface area contributed by atoms with Crippen molar-refractivity contribution in [3.8, 4) is 0 Å². The zero-order valence-electron chi connectivity index (χ0n) is 10.5. The van der Waals surface area contributed by atoms with E-state index in [9.17, 15) is 14.7 Å². The number of aliphatic carboxylic acids is 1. The highest BCUT2D eigenvalue weighted by atomic mass is 16.5. The maximum atomic E-state index is 11.7. The molecule has 1 fully saturated rings. The monoisotopic (exact) mass is 265 g/mol. The average molecular weight is 265 g/mol. The number of carboxylic acids is 1. The third-order valence-electron chi connectivity index (χ3n) is 2.99. The number of pyridine rings is 1. The van der Waals surface area contributed by atoms with Crippen LogP contribution in [0.15, 0.2) is 18.3 Å². The maximum absolute atomic E-state index is 11.7. The molecule has 2 N–H and O–H groups in total. The molecule has 1 aromatic heterocycles. The van der Waals surface area contributed by atoms with Crippen molar-refractivity contribution in [3.63, 3.8) is 0 Å². The highest BCUT2D eigenvalue weighted by molar-refractivity contribution is 5.95. The number of methoxy groups -OCH3 is 1. The number of ether oxygens (including phenoxy) is 1. The lowest BCUT2D eigenvalue weighted by atomic mass is 10.1. The molecule has 1 saturated heterocycles. The van der Waals surface area contributed by atoms with Crippen LogP contribution < -0.4 is 10.2 Å². The van der Waals surface area contributed by atoms with Crippen LogP contribution in [0.5, 0.6) is 0 Å². The molecule has 1 aliphatic rings. The first-order valence-electron chi connectivity index (χ1n) is 5.88. The number of hydrogen-bond donors (Lipinski definition) is 2. The van der Waals surface area contributed by atoms with Gasteiger partial charge >= 0.3 is 11.9 Å². The fourth-order valence-electron chi connectivity index (χ4n) is 2.07. The smallest absolute Gasteiger partial charge is 0.341 e. The highest BCUT2D eigenvalue weighted by Crippen LogP contribution is 2.21. The maximum Gasteiger partial charge on any atom is 0.341 e. The van der Waals surface area contributed by atoms with Gasteiger partial charge in [-0.25, -0.2) is 14.6 Å². The number of rotatable bonds is 3. The molecular weight excluding hydrogens is 250 g/mol. The summed E-state index contributed by atoms with van der Waals surface area (Å²) < 4.78 is 4.69. The number of carbonyl (C=O) groups excluding carboxylic acids is 1. The number of nitrogens with zero attached hydrogens (tertiary/aromatic N) is 2. The van der Waals surface area contributed by atoms with Gasteiger partial charge in [-0.2, -0.15) is 0 Å². The molecule has 0 amide bonds. The Morgan fingerprint density at radius 2 is 2.37 bits per heavy atom. The summed E-state index contributed by atoms with van der Waals surface area (Å²) in [4.78, 5) is 28.7. The van der Waals surface area contributed by atoms with Gasteiger partial charge < -0.3 is 20.1 Å². The lowest BCUT2D eigenvalue weighted by molar-refractivity contribution is -0.138. The third-order valence-corrected chi connectivity index (χ3v) is 2.99. The van der Waals surface area contributed by atoms with Gasteiger partial charge in [0, 0.05) is 25.8 Å². The van der Waals surface area contributed by atoms with Crippen LogP contribution in [0.2, 0.25) is 0 Å². The fraction of sp³-hybridized carbons (Fsp3) is 0.417. The van der Waals surface area contributed by atoms with Crippen molar-refractivity contribution < 1.29 is 19.4 Å². The standard InChI is InChI=1S/C12H15N3O4/c1-19-12(18)8-3-2-4-14-10(8)15-6-5-13-7-9(15)11(16)17/h2-4,9,13H,5-7H2,1H3,(H,16,17). The van der Waals surface area contributed by atoms with Gasteiger partial charge in [-0.3, -0.25) is 0 Å². The molecular formula is C12H15N3O4. The van der Waals surface area contributed by atoms with Gasteiger partial charge in [0.25, 0.3) is 0 Å². The minimum atomic E-state index is -0.950. The summed E-state index contributed by atoms with van der Waals surface area (Å²) in [7, 11) is 1.28. The normalized spacial score (nSPS) is 19.0. The third kappa shape index (κ3) is 2.65. The van der Waals surface area contributed by atoms with Gasteiger partial charge in [0.05, 0.1) is 7.11 Å². The summed E-state index contributed by atoms with van der Waals surface area (Å²) in [5.41, 5.74) is 0.276. The molecule has 2 rings (SSSR count). The van der Waals surface area contributed by atoms with Crippen LogP contribution in [-0.2, 0) is 9.53 Å². The van der Waals surface area contributed by atoms with Crippen molar-refractivity contribution in [3.05, 3.63) is 23.9 Å². The number of piperazine rings is 1. The van der Waals surface area contributed by atoms with E-state index in [2.05, 4.69) is 10.3 Å². The van der Waals surface area contributed by atoms with Gasteiger partial charge in [0.15, 0.2) is 0 Å². The lowest BCUT2D eigenvalue weighted by Crippen LogP contribution is -2.55. The molecule has 7 nitrogen and oxygen atoms in total. The van der Waals surface area contributed by atoms with Gasteiger partial charge in [-0.15, -0.1) is 0 Å². The van der Waals surface area contributed by atoms with E-state index in [1.165, 1.54) is 13.3 Å². The van der Waals surface area contributed by atoms with E-state index in [0.717, 1.165) is 0 Å². The summed E-state index contributed by atoms with van der Waals surface area (Å²) in [6, 6.07) is 2.45. The van der Waals surface area contributed by atoms with Crippen LogP contribution in [0, 0.1) is 0 Å². The molecule has 0 radical (unpaired) electrons. The Morgan fingerprint density at radius 1 is 1.58 bits per heavy atom. The Labute approximate surface area is 110 Å². The van der Waals surface area contributed by atoms with Crippen molar-refractivity contribution in [2.24, 2.45) is 0 Å². The number of esters is 1. The molecule has 0 aliphatic carbocycles. The molecule has 1 atom stereocenters. The van der Waals surface area contributed by atoms with Crippen LogP contribution in [0.25, 0.3) is 0 Å². The average Bonchev–Trinajstić information content (AvgIpc) is 2.46. The number of anilines is 1. The van der Waals surface area contributed by atoms with Gasteiger partial charge in [-0.05, 0) is 12.1 Å². The van der Waals surface area contributed by atoms with Crippen LogP contribution in [0.3, 0.4) is 0 Å². The minimum Gasteiger partial charge on any atom is -0.480 e. The second-order valence-electron chi connectivity index (χ2n) is 4.12. The van der Waals surface area contributed by atoms with Crippen molar-refractivity contribution in [2.45, 2.75) is 6.04 Å². The number of carboxylic acid groups (broad SMARTS) is 1. The fourth-order valence-corrected chi connectivity index (χ4v) is 2.07. The first kappa shape index (κ1) is 13.3. The Hall–Kier alpha value is -2.15. The highest BCUT2D eigenvalue weighted by Gasteiger charge is 2.31. The Balaban J connectivity index is 2.39. The van der Waals surface area contributed by atoms with Crippen molar-refractivity contribution in [2.75, 3.05) is 31.6 Å². The predicted molar refractivity (Wildman–Crippen MR) is 67.2 cm³/mol. The zero-order chi connectivity index (χ0) is 13.8. The molecule has 2 heterocycles. The van der Waals surface area contributed by atoms with Crippen LogP contribution >= 0.6 is 0 Å². The van der Waals surface area contributed by atoms with Crippen molar-refractivity contribution in [1.82, 2.24) is 10.3 Å². The first-order chi connectivity index (χ1) is 9.15. The SMILES string of the molecule is COC(=O)c1cccnc1N1CCNCC1C(=O)O. The van der Waals surface area contributed by atoms with E-state index in [4.69, 9.17) is 4.74 Å². The van der Waals surface area contributed by atoms with Crippen molar-refractivity contribution in [1.29, 1.82) is 0 Å². The van der Waals surface area contributed by atoms with E-state index in [1.54, 1.807) is 17.0 Å².